The lowest BCUT2D eigenvalue weighted by atomic mass is 10.1. The van der Waals surface area contributed by atoms with E-state index in [1.807, 2.05) is 0 Å². The highest BCUT2D eigenvalue weighted by Gasteiger charge is 2.60. The highest BCUT2D eigenvalue weighted by molar-refractivity contribution is 7.90. The van der Waals surface area contributed by atoms with Gasteiger partial charge in [0, 0.05) is 13.0 Å². The minimum atomic E-state index is -6.74. The average molecular weight is 599 g/mol. The molecule has 0 amide bonds. The van der Waals surface area contributed by atoms with Gasteiger partial charge in [0.05, 0.1) is 13.2 Å². The van der Waals surface area contributed by atoms with E-state index in [9.17, 15) is 61.5 Å². The number of allylic oxidation sites excluding steroid dienone is 1. The highest BCUT2D eigenvalue weighted by Crippen LogP contribution is 2.37. The first-order chi connectivity index (χ1) is 16.5. The number of rotatable bonds is 12. The maximum atomic E-state index is 14.3. The lowest BCUT2D eigenvalue weighted by molar-refractivity contribution is -0.288. The number of ketones is 2. The van der Waals surface area contributed by atoms with Crippen molar-refractivity contribution in [2.45, 2.75) is 61.9 Å². The summed E-state index contributed by atoms with van der Waals surface area (Å²) in [6.07, 6.45) is -10.4. The second-order valence-electron chi connectivity index (χ2n) is 7.66. The molecule has 0 aliphatic carbocycles. The topological polar surface area (TPSA) is 142 Å². The quantitative estimate of drug-likeness (QED) is 0.118. The molecule has 1 aliphatic heterocycles. The van der Waals surface area contributed by atoms with E-state index >= 15 is 0 Å². The number of ether oxygens (including phenoxy) is 2. The van der Waals surface area contributed by atoms with Gasteiger partial charge in [0.15, 0.2) is 11.9 Å². The van der Waals surface area contributed by atoms with Gasteiger partial charge < -0.3 is 9.47 Å². The molecule has 1 heterocycles. The van der Waals surface area contributed by atoms with E-state index in [-0.39, 0.29) is 19.6 Å². The first-order valence-electron chi connectivity index (χ1n) is 9.94. The second-order valence-corrected chi connectivity index (χ2v) is 11.0. The predicted octanol–water partition coefficient (Wildman–Crippen LogP) is 2.31. The summed E-state index contributed by atoms with van der Waals surface area (Å²) in [6.45, 7) is 0.422. The van der Waals surface area contributed by atoms with Gasteiger partial charge in [0.1, 0.15) is 0 Å². The smallest absolute Gasteiger partial charge is 0.350 e. The van der Waals surface area contributed by atoms with Gasteiger partial charge in [-0.3, -0.25) is 13.8 Å². The summed E-state index contributed by atoms with van der Waals surface area (Å²) < 4.78 is 166. The zero-order valence-electron chi connectivity index (χ0n) is 18.9. The zero-order valence-corrected chi connectivity index (χ0v) is 20.5. The van der Waals surface area contributed by atoms with Crippen LogP contribution in [0.4, 0.5) is 35.1 Å². The molecule has 1 rings (SSSR count). The van der Waals surface area contributed by atoms with Gasteiger partial charge in [-0.05, 0) is 32.3 Å². The second kappa shape index (κ2) is 11.6. The molecule has 0 saturated carbocycles. The van der Waals surface area contributed by atoms with Gasteiger partial charge in [-0.2, -0.15) is 43.5 Å². The lowest BCUT2D eigenvalue weighted by Crippen LogP contribution is -2.50. The van der Waals surface area contributed by atoms with Crippen LogP contribution >= 0.6 is 0 Å². The SMILES string of the molecule is CC(=CCCNS(=O)(=O)C(F)(F)F)C(=O)C(=O)C(F)(F)S(=O)(=O)OC(CC1(C)OCCCO1)C(F)(F)F. The maximum Gasteiger partial charge on any atom is 0.511 e. The van der Waals surface area contributed by atoms with Crippen LogP contribution in [-0.2, 0) is 43.4 Å². The molecule has 10 nitrogen and oxygen atoms in total. The van der Waals surface area contributed by atoms with Crippen LogP contribution in [-0.4, -0.2) is 77.0 Å². The van der Waals surface area contributed by atoms with Crippen LogP contribution in [0.25, 0.3) is 0 Å². The third-order valence-electron chi connectivity index (χ3n) is 4.60. The Morgan fingerprint density at radius 3 is 2.00 bits per heavy atom. The van der Waals surface area contributed by atoms with Gasteiger partial charge in [-0.15, -0.1) is 0 Å². The fraction of sp³-hybridized carbons (Fsp3) is 0.765. The fourth-order valence-corrected chi connectivity index (χ4v) is 4.10. The first-order valence-corrected chi connectivity index (χ1v) is 12.8. The van der Waals surface area contributed by atoms with Crippen molar-refractivity contribution >= 4 is 31.7 Å². The molecular formula is C17H21F8NO9S2. The molecule has 0 spiro atoms. The number of alkyl halides is 8. The zero-order chi connectivity index (χ0) is 29.1. The number of hydrogen-bond acceptors (Lipinski definition) is 9. The van der Waals surface area contributed by atoms with Crippen LogP contribution in [0.3, 0.4) is 0 Å². The van der Waals surface area contributed by atoms with Crippen molar-refractivity contribution in [3.8, 4) is 0 Å². The van der Waals surface area contributed by atoms with Crippen LogP contribution in [0.5, 0.6) is 0 Å². The van der Waals surface area contributed by atoms with E-state index in [4.69, 9.17) is 9.47 Å². The minimum Gasteiger partial charge on any atom is -0.350 e. The van der Waals surface area contributed by atoms with Crippen LogP contribution in [0, 0.1) is 0 Å². The number of carbonyl (C=O) groups is 2. The number of Topliss-reactive ketones (excluding diaryl/α,β-unsaturated/α-hetero) is 2. The van der Waals surface area contributed by atoms with Crippen molar-refractivity contribution in [2.75, 3.05) is 19.8 Å². The Labute approximate surface area is 205 Å². The van der Waals surface area contributed by atoms with Gasteiger partial charge in [0.25, 0.3) is 5.78 Å². The normalized spacial score (nSPS) is 18.9. The molecule has 0 aromatic carbocycles. The lowest BCUT2D eigenvalue weighted by Gasteiger charge is -2.36. The molecular weight excluding hydrogens is 578 g/mol. The molecule has 0 aromatic rings. The van der Waals surface area contributed by atoms with Crippen molar-refractivity contribution in [3.63, 3.8) is 0 Å². The van der Waals surface area contributed by atoms with Crippen molar-refractivity contribution in [1.82, 2.24) is 4.72 Å². The number of nitrogens with one attached hydrogen (secondary N) is 1. The van der Waals surface area contributed by atoms with Crippen LogP contribution in [0.1, 0.15) is 33.1 Å². The molecule has 1 aliphatic rings. The average Bonchev–Trinajstić information content (AvgIpc) is 2.73. The molecule has 37 heavy (non-hydrogen) atoms. The number of halogens is 8. The molecule has 216 valence electrons. The summed E-state index contributed by atoms with van der Waals surface area (Å²) in [6, 6.07) is 0. The van der Waals surface area contributed by atoms with Crippen LogP contribution < -0.4 is 4.72 Å². The van der Waals surface area contributed by atoms with Gasteiger partial charge in [0.2, 0.25) is 5.78 Å². The molecule has 0 bridgehead atoms. The molecule has 20 heteroatoms. The van der Waals surface area contributed by atoms with E-state index < -0.39 is 85.5 Å². The highest BCUT2D eigenvalue weighted by atomic mass is 32.2. The van der Waals surface area contributed by atoms with Crippen LogP contribution in [0.2, 0.25) is 0 Å². The summed E-state index contributed by atoms with van der Waals surface area (Å²) in [7, 11) is -12.5. The molecule has 1 unspecified atom stereocenters. The third-order valence-corrected chi connectivity index (χ3v) is 7.09. The molecule has 1 fully saturated rings. The Morgan fingerprint density at radius 1 is 1.03 bits per heavy atom. The molecule has 1 N–H and O–H groups in total. The van der Waals surface area contributed by atoms with Crippen molar-refractivity contribution in [3.05, 3.63) is 11.6 Å². The van der Waals surface area contributed by atoms with Crippen molar-refractivity contribution in [1.29, 1.82) is 0 Å². The molecule has 1 saturated heterocycles. The van der Waals surface area contributed by atoms with Crippen molar-refractivity contribution < 1.29 is 75.2 Å². The van der Waals surface area contributed by atoms with E-state index in [0.717, 1.165) is 11.6 Å². The predicted molar refractivity (Wildman–Crippen MR) is 106 cm³/mol. The van der Waals surface area contributed by atoms with E-state index in [2.05, 4.69) is 4.18 Å². The summed E-state index contributed by atoms with van der Waals surface area (Å²) in [5.41, 5.74) is -6.63. The molecule has 1 atom stereocenters. The third kappa shape index (κ3) is 8.63. The first kappa shape index (κ1) is 33.3. The summed E-state index contributed by atoms with van der Waals surface area (Å²) in [5.74, 6) is -7.32. The van der Waals surface area contributed by atoms with E-state index in [1.54, 1.807) is 0 Å². The maximum absolute atomic E-state index is 14.3. The Hall–Kier alpha value is -1.74. The van der Waals surface area contributed by atoms with E-state index in [0.29, 0.717) is 13.0 Å². The molecule has 0 aromatic heterocycles. The summed E-state index contributed by atoms with van der Waals surface area (Å²) >= 11 is 0. The molecule has 0 radical (unpaired) electrons. The fourth-order valence-electron chi connectivity index (χ4n) is 2.63. The number of sulfonamides is 1. The minimum absolute atomic E-state index is 0.0970. The standard InChI is InChI=1S/C17H21F8NO9S2/c1-10(5-3-6-26-36(29,30)17(23,24)25)12(27)13(28)16(21,22)37(31,32)35-11(15(18,19)20)9-14(2)33-7-4-8-34-14/h5,11,26H,3-4,6-9H2,1-2H3. The Bertz CT molecular complexity index is 1090. The van der Waals surface area contributed by atoms with Gasteiger partial charge >= 0.3 is 37.1 Å². The monoisotopic (exact) mass is 599 g/mol. The summed E-state index contributed by atoms with van der Waals surface area (Å²) in [5, 5.41) is -5.81. The number of carbonyl (C=O) groups excluding carboxylic acids is 2. The van der Waals surface area contributed by atoms with Crippen molar-refractivity contribution in [2.24, 2.45) is 0 Å². The Kier molecular flexibility index (Phi) is 10.4. The van der Waals surface area contributed by atoms with Crippen LogP contribution in [0.15, 0.2) is 11.6 Å². The Balaban J connectivity index is 3.00. The van der Waals surface area contributed by atoms with Gasteiger partial charge in [-0.25, -0.2) is 13.1 Å². The van der Waals surface area contributed by atoms with Gasteiger partial charge in [-0.1, -0.05) is 6.08 Å². The van der Waals surface area contributed by atoms with E-state index in [1.165, 1.54) is 0 Å². The number of hydrogen-bond donors (Lipinski definition) is 1. The summed E-state index contributed by atoms with van der Waals surface area (Å²) in [4.78, 5) is 23.8. The largest absolute Gasteiger partial charge is 0.511 e. The Morgan fingerprint density at radius 2 is 1.54 bits per heavy atom.